The van der Waals surface area contributed by atoms with E-state index in [0.717, 1.165) is 72.8 Å². The fraction of sp³-hybridized carbons (Fsp3) is 0.618. The lowest BCUT2D eigenvalue weighted by Gasteiger charge is -2.24. The summed E-state index contributed by atoms with van der Waals surface area (Å²) < 4.78 is 12.9. The number of aldehydes is 1. The van der Waals surface area contributed by atoms with E-state index in [-0.39, 0.29) is 5.78 Å². The van der Waals surface area contributed by atoms with Crippen LogP contribution < -0.4 is 5.32 Å². The Labute approximate surface area is 247 Å². The topological polar surface area (TPSA) is 82.5 Å². The summed E-state index contributed by atoms with van der Waals surface area (Å²) in [7, 11) is 1.80. The van der Waals surface area contributed by atoms with Crippen molar-refractivity contribution < 1.29 is 19.1 Å². The molecule has 1 aromatic heterocycles. The van der Waals surface area contributed by atoms with Crippen molar-refractivity contribution >= 4 is 28.7 Å². The molecule has 1 aromatic carbocycles. The molecule has 2 fully saturated rings. The van der Waals surface area contributed by atoms with E-state index >= 15 is 0 Å². The SMILES string of the molecule is C/C=C(\C=C(\C)C(C)=O)c1nc2ccc(CNCC=O)cc2n1CC1CCOCC1.CC(C)C.COC1CCCC1. The predicted octanol–water partition coefficient (Wildman–Crippen LogP) is 6.93. The molecule has 0 amide bonds. The molecule has 1 saturated carbocycles. The zero-order valence-corrected chi connectivity index (χ0v) is 26.5. The number of ether oxygens (including phenoxy) is 2. The van der Waals surface area contributed by atoms with Gasteiger partial charge in [-0.15, -0.1) is 0 Å². The first-order chi connectivity index (χ1) is 19.7. The summed E-state index contributed by atoms with van der Waals surface area (Å²) in [4.78, 5) is 27.3. The highest BCUT2D eigenvalue weighted by Crippen LogP contribution is 2.28. The number of Topliss-reactive ketones (excluding diaryl/α,β-unsaturated/α-hetero) is 1. The average molecular weight is 568 g/mol. The minimum Gasteiger partial charge on any atom is -0.381 e. The van der Waals surface area contributed by atoms with E-state index in [2.05, 4.69) is 36.7 Å². The Kier molecular flexibility index (Phi) is 15.8. The van der Waals surface area contributed by atoms with Crippen molar-refractivity contribution in [1.82, 2.24) is 14.9 Å². The van der Waals surface area contributed by atoms with Crippen LogP contribution in [0.4, 0.5) is 0 Å². The van der Waals surface area contributed by atoms with E-state index in [0.29, 0.717) is 30.7 Å². The summed E-state index contributed by atoms with van der Waals surface area (Å²) >= 11 is 0. The van der Waals surface area contributed by atoms with Gasteiger partial charge in [0, 0.05) is 39.0 Å². The van der Waals surface area contributed by atoms with Crippen molar-refractivity contribution in [1.29, 1.82) is 0 Å². The van der Waals surface area contributed by atoms with Gasteiger partial charge in [-0.05, 0) is 87.6 Å². The van der Waals surface area contributed by atoms with Crippen molar-refractivity contribution in [2.24, 2.45) is 11.8 Å². The van der Waals surface area contributed by atoms with Crippen molar-refractivity contribution in [2.75, 3.05) is 26.9 Å². The van der Waals surface area contributed by atoms with Gasteiger partial charge in [0.15, 0.2) is 5.78 Å². The quantitative estimate of drug-likeness (QED) is 0.145. The van der Waals surface area contributed by atoms with Crippen LogP contribution in [0.1, 0.15) is 91.5 Å². The monoisotopic (exact) mass is 567 g/mol. The predicted molar refractivity (Wildman–Crippen MR) is 169 cm³/mol. The summed E-state index contributed by atoms with van der Waals surface area (Å²) in [5.41, 5.74) is 4.79. The molecule has 7 heteroatoms. The number of hydrogen-bond donors (Lipinski definition) is 1. The van der Waals surface area contributed by atoms with Crippen LogP contribution in [-0.2, 0) is 32.2 Å². The number of fused-ring (bicyclic) bond motifs is 1. The molecule has 1 N–H and O–H groups in total. The Morgan fingerprint density at radius 2 is 1.80 bits per heavy atom. The first-order valence-corrected chi connectivity index (χ1v) is 15.3. The van der Waals surface area contributed by atoms with E-state index in [4.69, 9.17) is 14.5 Å². The highest BCUT2D eigenvalue weighted by Gasteiger charge is 2.20. The van der Waals surface area contributed by atoms with Crippen LogP contribution in [0.5, 0.6) is 0 Å². The third-order valence-electron chi connectivity index (χ3n) is 7.28. The molecule has 0 unspecified atom stereocenters. The summed E-state index contributed by atoms with van der Waals surface area (Å²) in [6.45, 7) is 15.3. The lowest BCUT2D eigenvalue weighted by molar-refractivity contribution is -0.113. The minimum atomic E-state index is 0.0602. The Bertz CT molecular complexity index is 1130. The molecular formula is C34H53N3O4. The molecular weight excluding hydrogens is 514 g/mol. The summed E-state index contributed by atoms with van der Waals surface area (Å²) in [6, 6.07) is 6.23. The zero-order valence-electron chi connectivity index (χ0n) is 26.5. The van der Waals surface area contributed by atoms with Crippen molar-refractivity contribution in [2.45, 2.75) is 99.3 Å². The van der Waals surface area contributed by atoms with Gasteiger partial charge in [0.25, 0.3) is 0 Å². The second-order valence-corrected chi connectivity index (χ2v) is 11.7. The molecule has 228 valence electrons. The fourth-order valence-electron chi connectivity index (χ4n) is 4.88. The van der Waals surface area contributed by atoms with Gasteiger partial charge in [-0.3, -0.25) is 4.79 Å². The summed E-state index contributed by atoms with van der Waals surface area (Å²) in [6.07, 6.45) is 12.8. The number of rotatable bonds is 10. The van der Waals surface area contributed by atoms with Gasteiger partial charge in [-0.1, -0.05) is 45.8 Å². The van der Waals surface area contributed by atoms with Gasteiger partial charge in [-0.25, -0.2) is 4.98 Å². The van der Waals surface area contributed by atoms with Crippen LogP contribution in [0.25, 0.3) is 16.6 Å². The Morgan fingerprint density at radius 3 is 2.34 bits per heavy atom. The fourth-order valence-corrected chi connectivity index (χ4v) is 4.88. The number of benzene rings is 1. The van der Waals surface area contributed by atoms with E-state index in [1.54, 1.807) is 14.0 Å². The number of ketones is 1. The molecule has 1 saturated heterocycles. The third kappa shape index (κ3) is 12.0. The molecule has 2 aromatic rings. The van der Waals surface area contributed by atoms with Crippen molar-refractivity contribution in [3.05, 3.63) is 47.3 Å². The number of nitrogens with one attached hydrogen (secondary N) is 1. The summed E-state index contributed by atoms with van der Waals surface area (Å²) in [5.74, 6) is 2.31. The minimum absolute atomic E-state index is 0.0602. The van der Waals surface area contributed by atoms with Crippen LogP contribution >= 0.6 is 0 Å². The van der Waals surface area contributed by atoms with E-state index in [1.807, 2.05) is 38.1 Å². The number of aromatic nitrogens is 2. The third-order valence-corrected chi connectivity index (χ3v) is 7.28. The lowest BCUT2D eigenvalue weighted by atomic mass is 10.00. The Morgan fingerprint density at radius 1 is 1.15 bits per heavy atom. The van der Waals surface area contributed by atoms with Crippen LogP contribution in [0.2, 0.25) is 0 Å². The molecule has 0 atom stereocenters. The highest BCUT2D eigenvalue weighted by molar-refractivity contribution is 5.96. The van der Waals surface area contributed by atoms with Crippen molar-refractivity contribution in [3.63, 3.8) is 0 Å². The van der Waals surface area contributed by atoms with Gasteiger partial charge in [0.1, 0.15) is 12.1 Å². The number of nitrogens with zero attached hydrogens (tertiary/aromatic N) is 2. The first-order valence-electron chi connectivity index (χ1n) is 15.3. The maximum atomic E-state index is 11.8. The molecule has 41 heavy (non-hydrogen) atoms. The first kappa shape index (κ1) is 34.6. The Balaban J connectivity index is 0.000000447. The maximum Gasteiger partial charge on any atom is 0.155 e. The average Bonchev–Trinajstić information content (AvgIpc) is 3.61. The number of imidazole rings is 1. The molecule has 1 aliphatic heterocycles. The molecule has 0 spiro atoms. The van der Waals surface area contributed by atoms with Gasteiger partial charge in [0.05, 0.1) is 23.7 Å². The largest absolute Gasteiger partial charge is 0.381 e. The second kappa shape index (κ2) is 18.7. The van der Waals surface area contributed by atoms with E-state index < -0.39 is 0 Å². The van der Waals surface area contributed by atoms with Crippen LogP contribution in [0.15, 0.2) is 35.9 Å². The van der Waals surface area contributed by atoms with Gasteiger partial charge in [-0.2, -0.15) is 0 Å². The molecule has 0 bridgehead atoms. The van der Waals surface area contributed by atoms with Crippen LogP contribution in [-0.4, -0.2) is 54.6 Å². The molecule has 4 rings (SSSR count). The van der Waals surface area contributed by atoms with Crippen molar-refractivity contribution in [3.8, 4) is 0 Å². The zero-order chi connectivity index (χ0) is 30.2. The summed E-state index contributed by atoms with van der Waals surface area (Å²) in [5, 5.41) is 3.12. The normalized spacial score (nSPS) is 16.8. The second-order valence-electron chi connectivity index (χ2n) is 11.7. The van der Waals surface area contributed by atoms with E-state index in [9.17, 15) is 9.59 Å². The van der Waals surface area contributed by atoms with E-state index in [1.165, 1.54) is 25.7 Å². The molecule has 0 radical (unpaired) electrons. The molecule has 2 aliphatic rings. The number of hydrogen-bond acceptors (Lipinski definition) is 6. The number of carbonyl (C=O) groups is 2. The molecule has 7 nitrogen and oxygen atoms in total. The number of allylic oxidation sites excluding steroid dienone is 4. The van der Waals surface area contributed by atoms with Crippen LogP contribution in [0.3, 0.4) is 0 Å². The number of carbonyl (C=O) groups excluding carboxylic acids is 2. The van der Waals surface area contributed by atoms with Gasteiger partial charge in [0.2, 0.25) is 0 Å². The number of methoxy groups -OCH3 is 1. The van der Waals surface area contributed by atoms with Gasteiger partial charge >= 0.3 is 0 Å². The Hall–Kier alpha value is -2.61. The molecule has 1 aliphatic carbocycles. The maximum absolute atomic E-state index is 11.8. The van der Waals surface area contributed by atoms with Crippen LogP contribution in [0, 0.1) is 11.8 Å². The standard InChI is InChI=1S/C24H31N3O3.C6H12O.C4H10/c1-4-21(13-17(2)18(3)29)24-26-22-6-5-20(15-25-9-10-28)14-23(22)27(24)16-19-7-11-30-12-8-19;1-7-6-4-2-3-5-6;1-4(2)3/h4-6,10,13-14,19,25H,7-9,11-12,15-16H2,1-3H3;6H,2-5H2,1H3;4H,1-3H3/b17-13-,21-4+;;. The lowest BCUT2D eigenvalue weighted by Crippen LogP contribution is -2.21. The smallest absolute Gasteiger partial charge is 0.155 e. The van der Waals surface area contributed by atoms with Gasteiger partial charge < -0.3 is 24.2 Å². The molecule has 2 heterocycles. The highest BCUT2D eigenvalue weighted by atomic mass is 16.5.